The Labute approximate surface area is 77.9 Å². The molecule has 0 spiro atoms. The number of nitrogens with one attached hydrogen (secondary N) is 1. The maximum absolute atomic E-state index is 11.9. The highest BCUT2D eigenvalue weighted by Crippen LogP contribution is 2.27. The van der Waals surface area contributed by atoms with Crippen molar-refractivity contribution in [3.05, 3.63) is 0 Å². The highest BCUT2D eigenvalue weighted by atomic mass is 19.3. The van der Waals surface area contributed by atoms with Crippen LogP contribution in [0.4, 0.5) is 8.78 Å². The molecule has 1 unspecified atom stereocenters. The van der Waals surface area contributed by atoms with E-state index in [1.54, 1.807) is 0 Å². The maximum atomic E-state index is 11.9. The molecular weight excluding hydrogens is 174 g/mol. The largest absolute Gasteiger partial charge is 0.329 e. The number of rotatable bonds is 5. The van der Waals surface area contributed by atoms with Crippen LogP contribution >= 0.6 is 0 Å². The molecule has 0 bridgehead atoms. The lowest BCUT2D eigenvalue weighted by Crippen LogP contribution is -2.43. The quantitative estimate of drug-likeness (QED) is 0.690. The minimum atomic E-state index is -2.27. The van der Waals surface area contributed by atoms with Crippen molar-refractivity contribution in [2.75, 3.05) is 13.1 Å². The summed E-state index contributed by atoms with van der Waals surface area (Å²) >= 11 is 0. The van der Waals surface area contributed by atoms with Crippen molar-refractivity contribution < 1.29 is 8.78 Å². The molecule has 0 amide bonds. The SMILES string of the molecule is NCC(NCC(F)F)C1CCCC1. The minimum Gasteiger partial charge on any atom is -0.329 e. The van der Waals surface area contributed by atoms with Gasteiger partial charge in [0.15, 0.2) is 0 Å². The maximum Gasteiger partial charge on any atom is 0.250 e. The third-order valence-electron chi connectivity index (χ3n) is 2.76. The average Bonchev–Trinajstić information content (AvgIpc) is 2.58. The Kier molecular flexibility index (Phi) is 4.59. The summed E-state index contributed by atoms with van der Waals surface area (Å²) in [5.74, 6) is 0.517. The van der Waals surface area contributed by atoms with Crippen molar-refractivity contribution in [2.24, 2.45) is 11.7 Å². The molecule has 0 heterocycles. The fourth-order valence-corrected chi connectivity index (χ4v) is 2.04. The summed E-state index contributed by atoms with van der Waals surface area (Å²) < 4.78 is 23.8. The van der Waals surface area contributed by atoms with Gasteiger partial charge in [-0.3, -0.25) is 0 Å². The van der Waals surface area contributed by atoms with Crippen molar-refractivity contribution in [2.45, 2.75) is 38.2 Å². The van der Waals surface area contributed by atoms with E-state index in [0.29, 0.717) is 12.5 Å². The number of nitrogens with two attached hydrogens (primary N) is 1. The second kappa shape index (κ2) is 5.50. The third kappa shape index (κ3) is 3.56. The van der Waals surface area contributed by atoms with E-state index in [1.807, 2.05) is 0 Å². The van der Waals surface area contributed by atoms with Crippen LogP contribution in [-0.2, 0) is 0 Å². The number of alkyl halides is 2. The standard InChI is InChI=1S/C9H18F2N2/c10-9(11)6-13-8(5-12)7-3-1-2-4-7/h7-9,13H,1-6,12H2. The lowest BCUT2D eigenvalue weighted by Gasteiger charge is -2.22. The molecule has 13 heavy (non-hydrogen) atoms. The molecule has 1 rings (SSSR count). The first-order valence-corrected chi connectivity index (χ1v) is 4.95. The number of hydrogen-bond acceptors (Lipinski definition) is 2. The van der Waals surface area contributed by atoms with E-state index in [2.05, 4.69) is 5.32 Å². The Morgan fingerprint density at radius 2 is 1.92 bits per heavy atom. The summed E-state index contributed by atoms with van der Waals surface area (Å²) in [6.45, 7) is 0.246. The lowest BCUT2D eigenvalue weighted by atomic mass is 9.98. The van der Waals surface area contributed by atoms with Gasteiger partial charge in [-0.05, 0) is 18.8 Å². The summed E-state index contributed by atoms with van der Waals surface area (Å²) in [5.41, 5.74) is 5.53. The number of hydrogen-bond donors (Lipinski definition) is 2. The molecule has 1 saturated carbocycles. The predicted octanol–water partition coefficient (Wildman–Crippen LogP) is 1.36. The second-order valence-corrected chi connectivity index (χ2v) is 3.69. The van der Waals surface area contributed by atoms with Gasteiger partial charge in [0.25, 0.3) is 6.43 Å². The predicted molar refractivity (Wildman–Crippen MR) is 48.8 cm³/mol. The molecular formula is C9H18F2N2. The Hall–Kier alpha value is -0.220. The minimum absolute atomic E-state index is 0.0940. The zero-order valence-electron chi connectivity index (χ0n) is 7.81. The zero-order valence-corrected chi connectivity index (χ0v) is 7.81. The normalized spacial score (nSPS) is 21.2. The molecule has 0 saturated heterocycles. The highest BCUT2D eigenvalue weighted by Gasteiger charge is 2.23. The van der Waals surface area contributed by atoms with Crippen LogP contribution in [0.3, 0.4) is 0 Å². The van der Waals surface area contributed by atoms with Gasteiger partial charge < -0.3 is 11.1 Å². The Morgan fingerprint density at radius 3 is 2.38 bits per heavy atom. The molecule has 1 aliphatic rings. The van der Waals surface area contributed by atoms with Crippen LogP contribution in [-0.4, -0.2) is 25.6 Å². The van der Waals surface area contributed by atoms with Crippen LogP contribution in [0.5, 0.6) is 0 Å². The van der Waals surface area contributed by atoms with Crippen molar-refractivity contribution in [1.29, 1.82) is 0 Å². The van der Waals surface area contributed by atoms with Crippen LogP contribution in [0.2, 0.25) is 0 Å². The Balaban J connectivity index is 2.24. The van der Waals surface area contributed by atoms with Gasteiger partial charge in [-0.25, -0.2) is 8.78 Å². The summed E-state index contributed by atoms with van der Waals surface area (Å²) in [6, 6.07) is 0.0940. The topological polar surface area (TPSA) is 38.0 Å². The molecule has 0 radical (unpaired) electrons. The fourth-order valence-electron chi connectivity index (χ4n) is 2.04. The lowest BCUT2D eigenvalue weighted by molar-refractivity contribution is 0.137. The van der Waals surface area contributed by atoms with E-state index < -0.39 is 6.43 Å². The fraction of sp³-hybridized carbons (Fsp3) is 1.00. The van der Waals surface area contributed by atoms with Gasteiger partial charge in [-0.1, -0.05) is 12.8 Å². The van der Waals surface area contributed by atoms with E-state index in [4.69, 9.17) is 5.73 Å². The molecule has 4 heteroatoms. The monoisotopic (exact) mass is 192 g/mol. The molecule has 2 nitrogen and oxygen atoms in total. The third-order valence-corrected chi connectivity index (χ3v) is 2.76. The molecule has 3 N–H and O–H groups in total. The summed E-state index contributed by atoms with van der Waals surface area (Å²) in [4.78, 5) is 0. The van der Waals surface area contributed by atoms with Gasteiger partial charge in [-0.15, -0.1) is 0 Å². The van der Waals surface area contributed by atoms with Gasteiger partial charge >= 0.3 is 0 Å². The molecule has 1 aliphatic carbocycles. The molecule has 1 atom stereocenters. The first kappa shape index (κ1) is 10.9. The van der Waals surface area contributed by atoms with Crippen molar-refractivity contribution in [1.82, 2.24) is 5.32 Å². The first-order chi connectivity index (χ1) is 6.24. The average molecular weight is 192 g/mol. The van der Waals surface area contributed by atoms with Crippen molar-refractivity contribution in [3.8, 4) is 0 Å². The second-order valence-electron chi connectivity index (χ2n) is 3.69. The van der Waals surface area contributed by atoms with E-state index in [9.17, 15) is 8.78 Å². The van der Waals surface area contributed by atoms with Crippen LogP contribution in [0.25, 0.3) is 0 Å². The molecule has 0 aromatic carbocycles. The molecule has 0 aliphatic heterocycles. The van der Waals surface area contributed by atoms with Gasteiger partial charge in [0.1, 0.15) is 0 Å². The van der Waals surface area contributed by atoms with Crippen LogP contribution < -0.4 is 11.1 Å². The van der Waals surface area contributed by atoms with Crippen LogP contribution in [0.1, 0.15) is 25.7 Å². The summed E-state index contributed by atoms with van der Waals surface area (Å²) in [5, 5.41) is 2.84. The summed E-state index contributed by atoms with van der Waals surface area (Å²) in [7, 11) is 0. The van der Waals surface area contributed by atoms with Gasteiger partial charge in [0, 0.05) is 12.6 Å². The first-order valence-electron chi connectivity index (χ1n) is 4.95. The molecule has 78 valence electrons. The van der Waals surface area contributed by atoms with Crippen molar-refractivity contribution in [3.63, 3.8) is 0 Å². The highest BCUT2D eigenvalue weighted by molar-refractivity contribution is 4.81. The van der Waals surface area contributed by atoms with E-state index in [-0.39, 0.29) is 12.6 Å². The van der Waals surface area contributed by atoms with E-state index >= 15 is 0 Å². The van der Waals surface area contributed by atoms with Gasteiger partial charge in [0.2, 0.25) is 0 Å². The van der Waals surface area contributed by atoms with Crippen molar-refractivity contribution >= 4 is 0 Å². The van der Waals surface area contributed by atoms with Crippen LogP contribution in [0, 0.1) is 5.92 Å². The molecule has 1 fully saturated rings. The zero-order chi connectivity index (χ0) is 9.68. The van der Waals surface area contributed by atoms with E-state index in [0.717, 1.165) is 12.8 Å². The van der Waals surface area contributed by atoms with E-state index in [1.165, 1.54) is 12.8 Å². The molecule has 0 aromatic heterocycles. The molecule has 0 aromatic rings. The number of halogens is 2. The van der Waals surface area contributed by atoms with Gasteiger partial charge in [-0.2, -0.15) is 0 Å². The smallest absolute Gasteiger partial charge is 0.250 e. The Bertz CT molecular complexity index is 136. The van der Waals surface area contributed by atoms with Crippen LogP contribution in [0.15, 0.2) is 0 Å². The summed E-state index contributed by atoms with van der Waals surface area (Å²) in [6.07, 6.45) is 2.45. The Morgan fingerprint density at radius 1 is 1.31 bits per heavy atom. The van der Waals surface area contributed by atoms with Gasteiger partial charge in [0.05, 0.1) is 6.54 Å².